The van der Waals surface area contributed by atoms with E-state index in [9.17, 15) is 19.5 Å². The van der Waals surface area contributed by atoms with Gasteiger partial charge in [-0.2, -0.15) is 0 Å². The molecule has 0 aromatic heterocycles. The molecule has 1 aliphatic carbocycles. The molecule has 23 heavy (non-hydrogen) atoms. The number of hydrogen-bond donors (Lipinski definition) is 2. The maximum absolute atomic E-state index is 12.4. The summed E-state index contributed by atoms with van der Waals surface area (Å²) in [7, 11) is 1.26. The Labute approximate surface area is 134 Å². The highest BCUT2D eigenvalue weighted by Crippen LogP contribution is 2.24. The molecule has 1 aromatic rings. The Kier molecular flexibility index (Phi) is 5.51. The maximum Gasteiger partial charge on any atom is 0.326 e. The number of carboxylic acid groups (broad SMARTS) is 1. The van der Waals surface area contributed by atoms with Crippen molar-refractivity contribution in [3.63, 3.8) is 0 Å². The number of methoxy groups -OCH3 is 1. The van der Waals surface area contributed by atoms with Gasteiger partial charge >= 0.3 is 11.9 Å². The highest BCUT2D eigenvalue weighted by atomic mass is 16.5. The first-order chi connectivity index (χ1) is 11.0. The van der Waals surface area contributed by atoms with Crippen LogP contribution in [-0.4, -0.2) is 36.0 Å². The minimum absolute atomic E-state index is 0.000417. The molecule has 0 heterocycles. The number of carbonyl (C=O) groups is 3. The fraction of sp³-hybridized carbons (Fsp3) is 0.353. The number of carbonyl (C=O) groups excluding carboxylic acids is 2. The number of esters is 1. The van der Waals surface area contributed by atoms with Gasteiger partial charge in [-0.25, -0.2) is 4.79 Å². The molecule has 0 amide bonds. The summed E-state index contributed by atoms with van der Waals surface area (Å²) in [6.45, 7) is 0. The Morgan fingerprint density at radius 1 is 1.35 bits per heavy atom. The van der Waals surface area contributed by atoms with Crippen molar-refractivity contribution in [1.82, 2.24) is 5.32 Å². The van der Waals surface area contributed by atoms with Gasteiger partial charge in [-0.1, -0.05) is 24.3 Å². The minimum Gasteiger partial charge on any atom is -0.480 e. The number of aliphatic carboxylic acids is 1. The van der Waals surface area contributed by atoms with Crippen LogP contribution in [0.25, 0.3) is 0 Å². The molecule has 0 radical (unpaired) electrons. The zero-order valence-electron chi connectivity index (χ0n) is 12.9. The number of ether oxygens (including phenoxy) is 1. The summed E-state index contributed by atoms with van der Waals surface area (Å²) in [6.07, 6.45) is 2.87. The van der Waals surface area contributed by atoms with Gasteiger partial charge in [-0.15, -0.1) is 0 Å². The second-order valence-electron chi connectivity index (χ2n) is 5.33. The van der Waals surface area contributed by atoms with Crippen molar-refractivity contribution in [1.29, 1.82) is 0 Å². The van der Waals surface area contributed by atoms with E-state index < -0.39 is 18.0 Å². The van der Waals surface area contributed by atoms with Crippen LogP contribution in [0.3, 0.4) is 0 Å². The topological polar surface area (TPSA) is 92.7 Å². The Morgan fingerprint density at radius 2 is 2.09 bits per heavy atom. The monoisotopic (exact) mass is 317 g/mol. The smallest absolute Gasteiger partial charge is 0.326 e. The molecule has 122 valence electrons. The van der Waals surface area contributed by atoms with Crippen molar-refractivity contribution in [3.05, 3.63) is 47.2 Å². The Balaban J connectivity index is 2.04. The number of benzene rings is 1. The normalized spacial score (nSPS) is 16.6. The highest BCUT2D eigenvalue weighted by molar-refractivity contribution is 6.10. The summed E-state index contributed by atoms with van der Waals surface area (Å²) < 4.78 is 4.50. The number of hydrogen-bond acceptors (Lipinski definition) is 5. The quantitative estimate of drug-likeness (QED) is 0.613. The van der Waals surface area contributed by atoms with Crippen LogP contribution in [-0.2, 0) is 20.7 Å². The van der Waals surface area contributed by atoms with E-state index in [2.05, 4.69) is 10.1 Å². The molecule has 0 bridgehead atoms. The van der Waals surface area contributed by atoms with E-state index in [0.29, 0.717) is 17.6 Å². The van der Waals surface area contributed by atoms with E-state index in [1.54, 1.807) is 6.07 Å². The highest BCUT2D eigenvalue weighted by Gasteiger charge is 2.23. The molecule has 1 aliphatic rings. The van der Waals surface area contributed by atoms with E-state index >= 15 is 0 Å². The lowest BCUT2D eigenvalue weighted by Gasteiger charge is -2.18. The Bertz CT molecular complexity index is 650. The maximum atomic E-state index is 12.4. The third-order valence-corrected chi connectivity index (χ3v) is 3.84. The van der Waals surface area contributed by atoms with Gasteiger partial charge < -0.3 is 15.2 Å². The molecular weight excluding hydrogens is 298 g/mol. The Morgan fingerprint density at radius 3 is 2.78 bits per heavy atom. The first-order valence-corrected chi connectivity index (χ1v) is 7.40. The number of Topliss-reactive ketones (excluding diaryl/α,β-unsaturated/α-hetero) is 1. The van der Waals surface area contributed by atoms with Gasteiger partial charge in [0.15, 0.2) is 5.78 Å². The zero-order valence-corrected chi connectivity index (χ0v) is 12.9. The number of rotatable bonds is 6. The van der Waals surface area contributed by atoms with Gasteiger partial charge in [-0.3, -0.25) is 9.59 Å². The van der Waals surface area contributed by atoms with E-state index in [1.807, 2.05) is 18.2 Å². The van der Waals surface area contributed by atoms with Crippen molar-refractivity contribution >= 4 is 17.7 Å². The summed E-state index contributed by atoms with van der Waals surface area (Å²) in [4.78, 5) is 34.7. The third-order valence-electron chi connectivity index (χ3n) is 3.84. The summed E-state index contributed by atoms with van der Waals surface area (Å²) in [5.41, 5.74) is 2.22. The third kappa shape index (κ3) is 4.18. The van der Waals surface area contributed by atoms with Crippen molar-refractivity contribution in [2.24, 2.45) is 0 Å². The van der Waals surface area contributed by atoms with Crippen LogP contribution in [0.5, 0.6) is 0 Å². The lowest BCUT2D eigenvalue weighted by molar-refractivity contribution is -0.142. The van der Waals surface area contributed by atoms with E-state index in [4.69, 9.17) is 0 Å². The lowest BCUT2D eigenvalue weighted by Crippen LogP contribution is -2.34. The summed E-state index contributed by atoms with van der Waals surface area (Å²) in [5.74, 6) is -1.63. The molecule has 6 heteroatoms. The number of nitrogens with one attached hydrogen (secondary N) is 1. The number of carboxylic acids is 1. The summed E-state index contributed by atoms with van der Waals surface area (Å²) in [6, 6.07) is 6.46. The first-order valence-electron chi connectivity index (χ1n) is 7.40. The predicted octanol–water partition coefficient (Wildman–Crippen LogP) is 1.70. The molecule has 0 aliphatic heterocycles. The first kappa shape index (κ1) is 16.7. The van der Waals surface area contributed by atoms with Crippen LogP contribution in [0.1, 0.15) is 35.2 Å². The van der Waals surface area contributed by atoms with Crippen molar-refractivity contribution in [2.45, 2.75) is 31.7 Å². The number of fused-ring (bicyclic) bond motifs is 1. The number of aryl methyl sites for hydroxylation is 1. The molecule has 1 atom stereocenters. The summed E-state index contributed by atoms with van der Waals surface area (Å²) >= 11 is 0. The fourth-order valence-electron chi connectivity index (χ4n) is 2.50. The molecule has 2 rings (SSSR count). The molecule has 0 spiro atoms. The average molecular weight is 317 g/mol. The van der Waals surface area contributed by atoms with Crippen molar-refractivity contribution < 1.29 is 24.2 Å². The molecular formula is C17H19NO5. The number of allylic oxidation sites excluding steroid dienone is 1. The fourth-order valence-corrected chi connectivity index (χ4v) is 2.50. The van der Waals surface area contributed by atoms with Crippen molar-refractivity contribution in [2.75, 3.05) is 7.11 Å². The second kappa shape index (κ2) is 7.58. The predicted molar refractivity (Wildman–Crippen MR) is 83.0 cm³/mol. The molecule has 0 saturated heterocycles. The van der Waals surface area contributed by atoms with E-state index in [0.717, 1.165) is 12.0 Å². The molecule has 6 nitrogen and oxygen atoms in total. The van der Waals surface area contributed by atoms with Gasteiger partial charge in [0.2, 0.25) is 0 Å². The molecule has 2 N–H and O–H groups in total. The summed E-state index contributed by atoms with van der Waals surface area (Å²) in [5, 5.41) is 11.9. The second-order valence-corrected chi connectivity index (χ2v) is 5.33. The minimum atomic E-state index is -1.07. The average Bonchev–Trinajstić information content (AvgIpc) is 2.56. The Hall–Kier alpha value is -2.63. The largest absolute Gasteiger partial charge is 0.480 e. The van der Waals surface area contributed by atoms with Crippen LogP contribution in [0.4, 0.5) is 0 Å². The SMILES string of the molecule is COC(=O)CCC(N/C=C1/CCc2ccccc2C1=O)C(=O)O. The van der Waals surface area contributed by atoms with Gasteiger partial charge in [-0.05, 0) is 24.8 Å². The van der Waals surface area contributed by atoms with Crippen molar-refractivity contribution in [3.8, 4) is 0 Å². The van der Waals surface area contributed by atoms with Crippen LogP contribution in [0.2, 0.25) is 0 Å². The van der Waals surface area contributed by atoms with Gasteiger partial charge in [0.1, 0.15) is 6.04 Å². The van der Waals surface area contributed by atoms with Gasteiger partial charge in [0.05, 0.1) is 7.11 Å². The van der Waals surface area contributed by atoms with E-state index in [-0.39, 0.29) is 18.6 Å². The lowest BCUT2D eigenvalue weighted by atomic mass is 9.87. The van der Waals surface area contributed by atoms with Crippen LogP contribution >= 0.6 is 0 Å². The molecule has 1 unspecified atom stereocenters. The van der Waals surface area contributed by atoms with Crippen LogP contribution in [0.15, 0.2) is 36.0 Å². The van der Waals surface area contributed by atoms with Gasteiger partial charge in [0, 0.05) is 23.8 Å². The number of ketones is 1. The molecule has 0 saturated carbocycles. The molecule has 0 fully saturated rings. The van der Waals surface area contributed by atoms with Gasteiger partial charge in [0.25, 0.3) is 0 Å². The van der Waals surface area contributed by atoms with E-state index in [1.165, 1.54) is 13.3 Å². The molecule has 1 aromatic carbocycles. The van der Waals surface area contributed by atoms with Crippen LogP contribution < -0.4 is 5.32 Å². The van der Waals surface area contributed by atoms with Crippen LogP contribution in [0, 0.1) is 0 Å². The zero-order chi connectivity index (χ0) is 16.8. The standard InChI is InChI=1S/C17H19NO5/c1-23-15(19)9-8-14(17(21)22)18-10-12-7-6-11-4-2-3-5-13(11)16(12)20/h2-5,10,14,18H,6-9H2,1H3,(H,21,22)/b12-10-.